The van der Waals surface area contributed by atoms with Crippen LogP contribution in [0.25, 0.3) is 0 Å². The highest BCUT2D eigenvalue weighted by Crippen LogP contribution is 2.38. The lowest BCUT2D eigenvalue weighted by Gasteiger charge is -2.33. The average molecular weight is 260 g/mol. The Morgan fingerprint density at radius 3 is 2.47 bits per heavy atom. The number of nitrogens with zero attached hydrogens (tertiary/aromatic N) is 1. The van der Waals surface area contributed by atoms with Crippen LogP contribution in [0.3, 0.4) is 0 Å². The molecule has 0 aliphatic heterocycles. The maximum atomic E-state index is 10.9. The first kappa shape index (κ1) is 13.1. The molecule has 0 aromatic rings. The van der Waals surface area contributed by atoms with Crippen molar-refractivity contribution in [1.82, 2.24) is 0 Å². The fourth-order valence-corrected chi connectivity index (χ4v) is 3.82. The van der Waals surface area contributed by atoms with Crippen LogP contribution < -0.4 is 0 Å². The Bertz CT molecular complexity index is 266. The van der Waals surface area contributed by atoms with E-state index in [2.05, 4.69) is 0 Å². The van der Waals surface area contributed by atoms with Crippen molar-refractivity contribution in [2.75, 3.05) is 0 Å². The third-order valence-electron chi connectivity index (χ3n) is 4.52. The molecule has 4 heteroatoms. The molecule has 0 bridgehead atoms. The van der Waals surface area contributed by atoms with E-state index in [1.54, 1.807) is 0 Å². The van der Waals surface area contributed by atoms with E-state index in [4.69, 9.17) is 11.6 Å². The third-order valence-corrected chi connectivity index (χ3v) is 5.10. The fraction of sp³-hybridized carbons (Fsp3) is 1.00. The number of alkyl halides is 1. The molecule has 2 rings (SSSR count). The van der Waals surface area contributed by atoms with Gasteiger partial charge in [-0.3, -0.25) is 10.1 Å². The first-order valence-corrected chi connectivity index (χ1v) is 7.38. The molecule has 2 aliphatic carbocycles. The van der Waals surface area contributed by atoms with Gasteiger partial charge in [-0.2, -0.15) is 0 Å². The normalized spacial score (nSPS) is 35.7. The van der Waals surface area contributed by atoms with Crippen LogP contribution in [0.1, 0.15) is 57.8 Å². The van der Waals surface area contributed by atoms with E-state index in [9.17, 15) is 10.1 Å². The Kier molecular flexibility index (Phi) is 4.66. The second kappa shape index (κ2) is 6.03. The minimum atomic E-state index is -0.335. The Labute approximate surface area is 108 Å². The van der Waals surface area contributed by atoms with Gasteiger partial charge < -0.3 is 0 Å². The number of rotatable bonds is 3. The molecular weight excluding hydrogens is 238 g/mol. The summed E-state index contributed by atoms with van der Waals surface area (Å²) in [7, 11) is 0. The fourth-order valence-electron chi connectivity index (χ4n) is 3.49. The van der Waals surface area contributed by atoms with Crippen LogP contribution in [-0.4, -0.2) is 16.3 Å². The summed E-state index contributed by atoms with van der Waals surface area (Å²) in [6.07, 6.45) is 9.98. The minimum absolute atomic E-state index is 0.101. The van der Waals surface area contributed by atoms with Crippen molar-refractivity contribution in [1.29, 1.82) is 0 Å². The molecule has 3 atom stereocenters. The Balaban J connectivity index is 1.86. The minimum Gasteiger partial charge on any atom is -0.264 e. The molecule has 3 unspecified atom stereocenters. The average Bonchev–Trinajstić information content (AvgIpc) is 2.33. The zero-order valence-electron chi connectivity index (χ0n) is 10.3. The van der Waals surface area contributed by atoms with E-state index in [1.165, 1.54) is 32.1 Å². The van der Waals surface area contributed by atoms with Gasteiger partial charge >= 0.3 is 0 Å². The van der Waals surface area contributed by atoms with E-state index < -0.39 is 0 Å². The first-order valence-electron chi connectivity index (χ1n) is 6.94. The second-order valence-corrected chi connectivity index (χ2v) is 6.33. The standard InChI is InChI=1S/C13H22ClNO2/c14-13-7-6-12(15(16)17)9-11(13)8-10-4-2-1-3-5-10/h10-13H,1-9H2. The summed E-state index contributed by atoms with van der Waals surface area (Å²) in [5.41, 5.74) is 0. The maximum absolute atomic E-state index is 10.9. The van der Waals surface area contributed by atoms with Gasteiger partial charge in [-0.05, 0) is 24.7 Å². The molecule has 0 heterocycles. The van der Waals surface area contributed by atoms with Crippen molar-refractivity contribution in [3.63, 3.8) is 0 Å². The molecule has 0 saturated heterocycles. The van der Waals surface area contributed by atoms with Gasteiger partial charge in [0.05, 0.1) is 0 Å². The second-order valence-electron chi connectivity index (χ2n) is 5.77. The summed E-state index contributed by atoms with van der Waals surface area (Å²) in [6, 6.07) is -0.335. The van der Waals surface area contributed by atoms with Gasteiger partial charge in [0.15, 0.2) is 0 Å². The molecule has 2 saturated carbocycles. The quantitative estimate of drug-likeness (QED) is 0.437. The zero-order valence-corrected chi connectivity index (χ0v) is 11.1. The summed E-state index contributed by atoms with van der Waals surface area (Å²) in [4.78, 5) is 10.8. The van der Waals surface area contributed by atoms with Crippen LogP contribution in [0.15, 0.2) is 0 Å². The molecule has 2 fully saturated rings. The van der Waals surface area contributed by atoms with Crippen LogP contribution in [0.5, 0.6) is 0 Å². The molecule has 3 nitrogen and oxygen atoms in total. The smallest absolute Gasteiger partial charge is 0.213 e. The van der Waals surface area contributed by atoms with Gasteiger partial charge in [0.25, 0.3) is 0 Å². The lowest BCUT2D eigenvalue weighted by atomic mass is 9.76. The molecule has 0 amide bonds. The largest absolute Gasteiger partial charge is 0.264 e. The van der Waals surface area contributed by atoms with Gasteiger partial charge in [-0.25, -0.2) is 0 Å². The van der Waals surface area contributed by atoms with Crippen molar-refractivity contribution < 1.29 is 4.92 Å². The van der Waals surface area contributed by atoms with Gasteiger partial charge in [-0.1, -0.05) is 32.1 Å². The third kappa shape index (κ3) is 3.57. The highest BCUT2D eigenvalue weighted by Gasteiger charge is 2.36. The molecule has 0 radical (unpaired) electrons. The number of hydrogen-bond acceptors (Lipinski definition) is 2. The summed E-state index contributed by atoms with van der Waals surface area (Å²) < 4.78 is 0. The van der Waals surface area contributed by atoms with E-state index in [0.717, 1.165) is 18.8 Å². The van der Waals surface area contributed by atoms with E-state index >= 15 is 0 Å². The SMILES string of the molecule is O=[N+]([O-])C1CCC(Cl)C(CC2CCCCC2)C1. The predicted octanol–water partition coefficient (Wildman–Crippen LogP) is 4.01. The number of nitro groups is 1. The van der Waals surface area contributed by atoms with E-state index in [-0.39, 0.29) is 16.3 Å². The first-order chi connectivity index (χ1) is 8.16. The van der Waals surface area contributed by atoms with Crippen molar-refractivity contribution in [2.45, 2.75) is 69.2 Å². The summed E-state index contributed by atoms with van der Waals surface area (Å²) >= 11 is 6.35. The van der Waals surface area contributed by atoms with Crippen LogP contribution in [0.4, 0.5) is 0 Å². The highest BCUT2D eigenvalue weighted by molar-refractivity contribution is 6.20. The molecule has 17 heavy (non-hydrogen) atoms. The number of hydrogen-bond donors (Lipinski definition) is 0. The highest BCUT2D eigenvalue weighted by atomic mass is 35.5. The molecule has 0 spiro atoms. The van der Waals surface area contributed by atoms with E-state index in [1.807, 2.05) is 0 Å². The van der Waals surface area contributed by atoms with Crippen LogP contribution in [0, 0.1) is 22.0 Å². The lowest BCUT2D eigenvalue weighted by molar-refractivity contribution is -0.527. The molecule has 0 aromatic heterocycles. The van der Waals surface area contributed by atoms with Gasteiger partial charge in [0, 0.05) is 23.1 Å². The molecular formula is C13H22ClNO2. The van der Waals surface area contributed by atoms with Gasteiger partial charge in [-0.15, -0.1) is 11.6 Å². The molecule has 2 aliphatic rings. The van der Waals surface area contributed by atoms with E-state index in [0.29, 0.717) is 18.8 Å². The van der Waals surface area contributed by atoms with Crippen LogP contribution in [-0.2, 0) is 0 Å². The van der Waals surface area contributed by atoms with Gasteiger partial charge in [0.1, 0.15) is 0 Å². The van der Waals surface area contributed by atoms with Gasteiger partial charge in [0.2, 0.25) is 6.04 Å². The zero-order chi connectivity index (χ0) is 12.3. The van der Waals surface area contributed by atoms with Crippen LogP contribution >= 0.6 is 11.6 Å². The van der Waals surface area contributed by atoms with Crippen molar-refractivity contribution in [3.8, 4) is 0 Å². The maximum Gasteiger partial charge on any atom is 0.213 e. The number of halogens is 1. The monoisotopic (exact) mass is 259 g/mol. The summed E-state index contributed by atoms with van der Waals surface area (Å²) in [5.74, 6) is 1.16. The molecule has 0 aromatic carbocycles. The van der Waals surface area contributed by atoms with Crippen LogP contribution in [0.2, 0.25) is 0 Å². The Morgan fingerprint density at radius 1 is 1.12 bits per heavy atom. The lowest BCUT2D eigenvalue weighted by Crippen LogP contribution is -2.34. The van der Waals surface area contributed by atoms with Crippen molar-refractivity contribution >= 4 is 11.6 Å². The molecule has 98 valence electrons. The van der Waals surface area contributed by atoms with Crippen molar-refractivity contribution in [2.24, 2.45) is 11.8 Å². The predicted molar refractivity (Wildman–Crippen MR) is 69.0 cm³/mol. The van der Waals surface area contributed by atoms with Crippen molar-refractivity contribution in [3.05, 3.63) is 10.1 Å². The summed E-state index contributed by atoms with van der Waals surface area (Å²) in [5, 5.41) is 11.0. The molecule has 0 N–H and O–H groups in total. The summed E-state index contributed by atoms with van der Waals surface area (Å²) in [6.45, 7) is 0. The Morgan fingerprint density at radius 2 is 1.82 bits per heavy atom. The topological polar surface area (TPSA) is 43.1 Å². The Hall–Kier alpha value is -0.310.